The van der Waals surface area contributed by atoms with E-state index in [4.69, 9.17) is 0 Å². The third-order valence-electron chi connectivity index (χ3n) is 13.6. The predicted octanol–water partition coefficient (Wildman–Crippen LogP) is 15.4. The first kappa shape index (κ1) is 36.7. The highest BCUT2D eigenvalue weighted by Gasteiger charge is 2.40. The quantitative estimate of drug-likeness (QED) is 0.0937. The van der Waals surface area contributed by atoms with Crippen LogP contribution >= 0.6 is 22.6 Å². The molecule has 0 spiro atoms. The molecule has 0 amide bonds. The Morgan fingerprint density at radius 1 is 0.678 bits per heavy atom. The normalized spacial score (nSPS) is 23.3. The van der Waals surface area contributed by atoms with Crippen LogP contribution in [0.25, 0.3) is 32.7 Å². The third kappa shape index (κ3) is 6.36. The van der Waals surface area contributed by atoms with Gasteiger partial charge in [-0.05, 0) is 134 Å². The van der Waals surface area contributed by atoms with Gasteiger partial charge in [-0.15, -0.1) is 0 Å². The topological polar surface area (TPSA) is 0 Å². The zero-order valence-electron chi connectivity index (χ0n) is 32.9. The number of hydrogen-bond donors (Lipinski definition) is 0. The number of allylic oxidation sites excluding steroid dienone is 19. The molecule has 4 atom stereocenters. The highest BCUT2D eigenvalue weighted by Crippen LogP contribution is 2.54. The Morgan fingerprint density at radius 3 is 2.29 bits per heavy atom. The van der Waals surface area contributed by atoms with Crippen LogP contribution in [0, 0.1) is 17.8 Å². The smallest absolute Gasteiger partial charge is 0.189 e. The summed E-state index contributed by atoms with van der Waals surface area (Å²) in [5.74, 6) is 1.03. The van der Waals surface area contributed by atoms with E-state index in [0.29, 0.717) is 11.8 Å². The monoisotopic (exact) mass is 880 g/mol. The summed E-state index contributed by atoms with van der Waals surface area (Å²) in [5, 5.41) is 4.91. The molecule has 0 saturated carbocycles. The van der Waals surface area contributed by atoms with Crippen LogP contribution in [0.1, 0.15) is 65.5 Å². The molecule has 0 aromatic heterocycles. The lowest BCUT2D eigenvalue weighted by molar-refractivity contribution is 0.127. The molecule has 288 valence electrons. The number of halogens is 3. The molecule has 0 aliphatic heterocycles. The molecule has 6 aliphatic carbocycles. The molecule has 11 rings (SSSR count). The maximum absolute atomic E-state index is 15.0. The first-order valence-corrected chi connectivity index (χ1v) is 22.1. The molecule has 0 fully saturated rings. The Bertz CT molecular complexity index is 2940. The first-order chi connectivity index (χ1) is 28.8. The number of fused-ring (bicyclic) bond motifs is 8. The maximum Gasteiger partial charge on any atom is 0.321 e. The van der Waals surface area contributed by atoms with Crippen molar-refractivity contribution in [2.45, 2.75) is 42.5 Å². The Morgan fingerprint density at radius 2 is 1.46 bits per heavy atom. The van der Waals surface area contributed by atoms with Gasteiger partial charge in [-0.1, -0.05) is 163 Å². The second kappa shape index (κ2) is 14.4. The zero-order valence-corrected chi connectivity index (χ0v) is 35.1. The average Bonchev–Trinajstić information content (AvgIpc) is 3.27. The van der Waals surface area contributed by atoms with E-state index in [2.05, 4.69) is 153 Å². The molecular formula is C56H43F2I. The summed E-state index contributed by atoms with van der Waals surface area (Å²) < 4.78 is 27.0. The molecule has 6 aliphatic rings. The summed E-state index contributed by atoms with van der Waals surface area (Å²) in [6.07, 6.45) is 31.8. The fraction of sp³-hybridized carbons (Fsp3) is 0.179. The third-order valence-corrected chi connectivity index (χ3v) is 14.2. The van der Waals surface area contributed by atoms with Crippen molar-refractivity contribution >= 4 is 55.3 Å². The summed E-state index contributed by atoms with van der Waals surface area (Å²) in [7, 11) is 0. The minimum absolute atomic E-state index is 0.0214. The summed E-state index contributed by atoms with van der Waals surface area (Å²) in [5.41, 5.74) is 16.3. The van der Waals surface area contributed by atoms with Crippen molar-refractivity contribution in [2.24, 2.45) is 17.8 Å². The molecule has 4 unspecified atom stereocenters. The summed E-state index contributed by atoms with van der Waals surface area (Å²) in [6, 6.07) is 34.2. The zero-order chi connectivity index (χ0) is 39.8. The first-order valence-electron chi connectivity index (χ1n) is 21.0. The van der Waals surface area contributed by atoms with Gasteiger partial charge in [-0.2, -0.15) is 8.78 Å². The van der Waals surface area contributed by atoms with Crippen molar-refractivity contribution in [3.8, 4) is 0 Å². The molecule has 0 saturated heterocycles. The highest BCUT2D eigenvalue weighted by atomic mass is 127. The van der Waals surface area contributed by atoms with Crippen molar-refractivity contribution in [2.75, 3.05) is 0 Å². The van der Waals surface area contributed by atoms with Gasteiger partial charge in [0.1, 0.15) is 0 Å². The second-order valence-corrected chi connectivity index (χ2v) is 18.3. The molecule has 59 heavy (non-hydrogen) atoms. The highest BCUT2D eigenvalue weighted by molar-refractivity contribution is 14.1. The number of hydrogen-bond acceptors (Lipinski definition) is 0. The number of rotatable bonds is 5. The molecule has 0 heterocycles. The van der Waals surface area contributed by atoms with E-state index in [0.717, 1.165) is 36.8 Å². The summed E-state index contributed by atoms with van der Waals surface area (Å²) >= 11 is 1.26. The van der Waals surface area contributed by atoms with Crippen molar-refractivity contribution in [1.82, 2.24) is 0 Å². The maximum atomic E-state index is 15.0. The van der Waals surface area contributed by atoms with Crippen molar-refractivity contribution < 1.29 is 8.78 Å². The van der Waals surface area contributed by atoms with Crippen LogP contribution in [0.2, 0.25) is 0 Å². The summed E-state index contributed by atoms with van der Waals surface area (Å²) in [4.78, 5) is 0. The van der Waals surface area contributed by atoms with E-state index in [1.807, 2.05) is 6.07 Å². The van der Waals surface area contributed by atoms with Crippen LogP contribution < -0.4 is 0 Å². The van der Waals surface area contributed by atoms with Gasteiger partial charge in [-0.25, -0.2) is 0 Å². The average molecular weight is 881 g/mol. The van der Waals surface area contributed by atoms with Gasteiger partial charge >= 0.3 is 3.93 Å². The standard InChI is InChI=1S/C56H43F2I/c1-34-21-23-35(24-22-34)37-25-26-45-41(27-37)33-52-51(50-29-38-11-2-4-15-43(38)46-17-6-8-19-48(46)50)31-40(36-13-10-14-42(28-36)56(57,58)59)32-54(52)55(45)53-30-39-12-3-5-16-44(39)47-18-7-9-20-49(47)53/h2-14,16-18,20-23,25-32,35,43,48,52H,15,19,24,33H2,1H3. The van der Waals surface area contributed by atoms with Gasteiger partial charge in [0.15, 0.2) is 0 Å². The molecular weight excluding hydrogens is 838 g/mol. The Balaban J connectivity index is 1.21. The Labute approximate surface area is 359 Å². The van der Waals surface area contributed by atoms with Gasteiger partial charge in [0.2, 0.25) is 0 Å². The Kier molecular flexibility index (Phi) is 8.96. The number of alkyl halides is 3. The minimum atomic E-state index is -2.98. The lowest BCUT2D eigenvalue weighted by atomic mass is 9.62. The largest absolute Gasteiger partial charge is 0.321 e. The fourth-order valence-electron chi connectivity index (χ4n) is 10.7. The van der Waals surface area contributed by atoms with E-state index >= 15 is 0 Å². The lowest BCUT2D eigenvalue weighted by Gasteiger charge is -2.42. The van der Waals surface area contributed by atoms with Crippen molar-refractivity contribution in [3.63, 3.8) is 0 Å². The summed E-state index contributed by atoms with van der Waals surface area (Å²) in [6.45, 7) is 2.18. The number of benzene rings is 5. The van der Waals surface area contributed by atoms with Crippen LogP contribution in [0.3, 0.4) is 0 Å². The van der Waals surface area contributed by atoms with E-state index in [-0.39, 0.29) is 17.4 Å². The van der Waals surface area contributed by atoms with Gasteiger partial charge in [0.25, 0.3) is 0 Å². The van der Waals surface area contributed by atoms with Gasteiger partial charge in [-0.3, -0.25) is 0 Å². The molecule has 5 aromatic carbocycles. The second-order valence-electron chi connectivity index (χ2n) is 17.0. The van der Waals surface area contributed by atoms with Gasteiger partial charge in [0, 0.05) is 51.8 Å². The van der Waals surface area contributed by atoms with Crippen LogP contribution in [0.5, 0.6) is 0 Å². The van der Waals surface area contributed by atoms with Crippen LogP contribution in [-0.4, -0.2) is 0 Å². The Hall–Kier alpha value is -5.39. The molecule has 0 radical (unpaired) electrons. The molecule has 5 aromatic rings. The van der Waals surface area contributed by atoms with Crippen LogP contribution in [-0.2, 0) is 10.4 Å². The van der Waals surface area contributed by atoms with Crippen LogP contribution in [0.15, 0.2) is 203 Å². The minimum Gasteiger partial charge on any atom is -0.189 e. The SMILES string of the molecule is CC1=CCC(c2ccc3c(c2)CC2C(C4=CC5=CC=CCC5C5=CC=CCC45)=CC(c4cccc(C(F)(F)I)c4)=CC2=C3c2cc3ccccc3c3ccccc23)C=C1. The molecule has 0 bridgehead atoms. The molecule has 0 N–H and O–H groups in total. The van der Waals surface area contributed by atoms with Crippen molar-refractivity contribution in [1.29, 1.82) is 0 Å². The molecule has 0 nitrogen and oxygen atoms in total. The predicted molar refractivity (Wildman–Crippen MR) is 251 cm³/mol. The lowest BCUT2D eigenvalue weighted by Crippen LogP contribution is -2.29. The fourth-order valence-corrected chi connectivity index (χ4v) is 11.0. The van der Waals surface area contributed by atoms with Gasteiger partial charge < -0.3 is 0 Å². The molecule has 3 heteroatoms. The van der Waals surface area contributed by atoms with E-state index < -0.39 is 3.93 Å². The van der Waals surface area contributed by atoms with E-state index in [9.17, 15) is 8.78 Å². The van der Waals surface area contributed by atoms with Crippen LogP contribution in [0.4, 0.5) is 8.78 Å². The van der Waals surface area contributed by atoms with E-state index in [1.165, 1.54) is 105 Å². The van der Waals surface area contributed by atoms with Gasteiger partial charge in [0.05, 0.1) is 0 Å². The van der Waals surface area contributed by atoms with E-state index in [1.54, 1.807) is 18.2 Å². The van der Waals surface area contributed by atoms with Crippen molar-refractivity contribution in [3.05, 3.63) is 237 Å².